The molecule has 2 aliphatic rings. The zero-order valence-corrected chi connectivity index (χ0v) is 16.3. The molecule has 1 atom stereocenters. The van der Waals surface area contributed by atoms with Gasteiger partial charge in [-0.2, -0.15) is 0 Å². The molecule has 6 nitrogen and oxygen atoms in total. The van der Waals surface area contributed by atoms with Crippen molar-refractivity contribution >= 4 is 10.0 Å². The largest absolute Gasteiger partial charge is 0.486 e. The van der Waals surface area contributed by atoms with Crippen molar-refractivity contribution < 1.29 is 22.3 Å². The molecule has 0 spiro atoms. The summed E-state index contributed by atoms with van der Waals surface area (Å²) in [5.74, 6) is 0.776. The van der Waals surface area contributed by atoms with Crippen LogP contribution < -0.4 is 14.2 Å². The number of benzene rings is 2. The van der Waals surface area contributed by atoms with Crippen molar-refractivity contribution in [2.24, 2.45) is 0 Å². The van der Waals surface area contributed by atoms with Gasteiger partial charge in [-0.15, -0.1) is 0 Å². The second-order valence-electron chi connectivity index (χ2n) is 6.93. The fourth-order valence-electron chi connectivity index (χ4n) is 3.80. The lowest BCUT2D eigenvalue weighted by Gasteiger charge is -2.26. The summed E-state index contributed by atoms with van der Waals surface area (Å²) in [5, 5.41) is 0. The summed E-state index contributed by atoms with van der Waals surface area (Å²) in [6, 6.07) is 11.6. The number of rotatable bonds is 6. The van der Waals surface area contributed by atoms with Crippen molar-refractivity contribution in [1.29, 1.82) is 0 Å². The van der Waals surface area contributed by atoms with Gasteiger partial charge in [0.15, 0.2) is 11.5 Å². The highest BCUT2D eigenvalue weighted by molar-refractivity contribution is 7.89. The van der Waals surface area contributed by atoms with Crippen LogP contribution in [0.4, 0.5) is 4.39 Å². The highest BCUT2D eigenvalue weighted by Gasteiger charge is 2.27. The Morgan fingerprint density at radius 1 is 1.11 bits per heavy atom. The minimum atomic E-state index is -3.87. The maximum absolute atomic E-state index is 13.8. The maximum atomic E-state index is 13.8. The van der Waals surface area contributed by atoms with Gasteiger partial charge in [0.1, 0.15) is 23.9 Å². The van der Waals surface area contributed by atoms with Crippen LogP contribution >= 0.6 is 0 Å². The van der Waals surface area contributed by atoms with Gasteiger partial charge in [-0.1, -0.05) is 18.2 Å². The molecule has 2 heterocycles. The van der Waals surface area contributed by atoms with E-state index in [9.17, 15) is 12.8 Å². The van der Waals surface area contributed by atoms with Gasteiger partial charge in [0, 0.05) is 19.1 Å². The fraction of sp³-hybridized carbons (Fsp3) is 0.400. The first kappa shape index (κ1) is 19.2. The van der Waals surface area contributed by atoms with E-state index in [1.807, 2.05) is 18.2 Å². The van der Waals surface area contributed by atoms with Crippen LogP contribution in [0.5, 0.6) is 11.5 Å². The zero-order chi connectivity index (χ0) is 19.6. The smallest absolute Gasteiger partial charge is 0.243 e. The van der Waals surface area contributed by atoms with Gasteiger partial charge in [0.2, 0.25) is 10.0 Å². The SMILES string of the molecule is O=S(=O)(NCCN1CCCC1c1ccc2c(c1)OCCO2)c1ccccc1F. The topological polar surface area (TPSA) is 67.9 Å². The van der Waals surface area contributed by atoms with E-state index >= 15 is 0 Å². The van der Waals surface area contributed by atoms with E-state index in [4.69, 9.17) is 9.47 Å². The van der Waals surface area contributed by atoms with Crippen molar-refractivity contribution in [2.45, 2.75) is 23.8 Å². The Morgan fingerprint density at radius 2 is 1.89 bits per heavy atom. The molecule has 0 bridgehead atoms. The molecule has 0 saturated carbocycles. The molecule has 0 radical (unpaired) electrons. The van der Waals surface area contributed by atoms with Crippen molar-refractivity contribution in [2.75, 3.05) is 32.8 Å². The number of nitrogens with one attached hydrogen (secondary N) is 1. The van der Waals surface area contributed by atoms with Crippen molar-refractivity contribution in [1.82, 2.24) is 9.62 Å². The van der Waals surface area contributed by atoms with Gasteiger partial charge in [0.05, 0.1) is 0 Å². The third-order valence-electron chi connectivity index (χ3n) is 5.13. The number of likely N-dealkylation sites (tertiary alicyclic amines) is 1. The fourth-order valence-corrected chi connectivity index (χ4v) is 4.90. The standard InChI is InChI=1S/C20H23FN2O4S/c21-16-4-1-2-6-20(16)28(24,25)22-9-11-23-10-3-5-17(23)15-7-8-18-19(14-15)27-13-12-26-18/h1-2,4,6-8,14,17,22H,3,5,9-13H2. The first-order valence-electron chi connectivity index (χ1n) is 9.42. The molecule has 28 heavy (non-hydrogen) atoms. The Balaban J connectivity index is 1.40. The zero-order valence-electron chi connectivity index (χ0n) is 15.4. The number of fused-ring (bicyclic) bond motifs is 1. The van der Waals surface area contributed by atoms with E-state index in [0.717, 1.165) is 42.5 Å². The molecule has 4 rings (SSSR count). The first-order chi connectivity index (χ1) is 13.5. The Kier molecular flexibility index (Phi) is 5.52. The minimum absolute atomic E-state index is 0.203. The Labute approximate surface area is 164 Å². The van der Waals surface area contributed by atoms with E-state index < -0.39 is 15.8 Å². The van der Waals surface area contributed by atoms with Gasteiger partial charge < -0.3 is 9.47 Å². The van der Waals surface area contributed by atoms with Crippen LogP contribution in [0.25, 0.3) is 0 Å². The second kappa shape index (κ2) is 8.06. The van der Waals surface area contributed by atoms with Crippen LogP contribution in [0.2, 0.25) is 0 Å². The van der Waals surface area contributed by atoms with E-state index in [1.54, 1.807) is 0 Å². The summed E-state index contributed by atoms with van der Waals surface area (Å²) in [6.07, 6.45) is 2.04. The maximum Gasteiger partial charge on any atom is 0.243 e. The average molecular weight is 406 g/mol. The van der Waals surface area contributed by atoms with Crippen LogP contribution in [-0.4, -0.2) is 46.2 Å². The predicted octanol–water partition coefficient (Wildman–Crippen LogP) is 2.71. The molecule has 0 aromatic heterocycles. The molecule has 2 aromatic carbocycles. The third kappa shape index (κ3) is 3.99. The van der Waals surface area contributed by atoms with Crippen LogP contribution in [0.15, 0.2) is 47.4 Å². The quantitative estimate of drug-likeness (QED) is 0.799. The van der Waals surface area contributed by atoms with Gasteiger partial charge in [-0.05, 0) is 49.2 Å². The molecule has 0 amide bonds. The van der Waals surface area contributed by atoms with Crippen LogP contribution in [0.1, 0.15) is 24.4 Å². The summed E-state index contributed by atoms with van der Waals surface area (Å²) in [4.78, 5) is 1.93. The summed E-state index contributed by atoms with van der Waals surface area (Å²) in [5.41, 5.74) is 1.14. The van der Waals surface area contributed by atoms with Crippen molar-refractivity contribution in [3.8, 4) is 11.5 Å². The molecule has 1 saturated heterocycles. The molecule has 1 fully saturated rings. The first-order valence-corrected chi connectivity index (χ1v) is 10.9. The number of nitrogens with zero attached hydrogens (tertiary/aromatic N) is 1. The monoisotopic (exact) mass is 406 g/mol. The number of hydrogen-bond donors (Lipinski definition) is 1. The lowest BCUT2D eigenvalue weighted by Crippen LogP contribution is -2.35. The van der Waals surface area contributed by atoms with Crippen LogP contribution in [0.3, 0.4) is 0 Å². The predicted molar refractivity (Wildman–Crippen MR) is 103 cm³/mol. The van der Waals surface area contributed by atoms with E-state index in [-0.39, 0.29) is 17.5 Å². The minimum Gasteiger partial charge on any atom is -0.486 e. The van der Waals surface area contributed by atoms with Gasteiger partial charge >= 0.3 is 0 Å². The van der Waals surface area contributed by atoms with E-state index in [1.165, 1.54) is 18.2 Å². The normalized spacial score (nSPS) is 19.7. The lowest BCUT2D eigenvalue weighted by atomic mass is 10.0. The lowest BCUT2D eigenvalue weighted by molar-refractivity contribution is 0.170. The van der Waals surface area contributed by atoms with Gasteiger partial charge in [0.25, 0.3) is 0 Å². The highest BCUT2D eigenvalue weighted by atomic mass is 32.2. The van der Waals surface area contributed by atoms with Crippen molar-refractivity contribution in [3.05, 3.63) is 53.8 Å². The van der Waals surface area contributed by atoms with Crippen molar-refractivity contribution in [3.63, 3.8) is 0 Å². The molecule has 150 valence electrons. The number of halogens is 1. The molecule has 8 heteroatoms. The number of sulfonamides is 1. The van der Waals surface area contributed by atoms with Crippen LogP contribution in [0, 0.1) is 5.82 Å². The number of hydrogen-bond acceptors (Lipinski definition) is 5. The molecular formula is C20H23FN2O4S. The molecule has 0 aliphatic carbocycles. The summed E-state index contributed by atoms with van der Waals surface area (Å²) in [6.45, 7) is 2.76. The Bertz CT molecular complexity index is 951. The van der Waals surface area contributed by atoms with E-state index in [2.05, 4.69) is 9.62 Å². The van der Waals surface area contributed by atoms with E-state index in [0.29, 0.717) is 19.8 Å². The molecule has 1 N–H and O–H groups in total. The molecule has 2 aromatic rings. The highest BCUT2D eigenvalue weighted by Crippen LogP contribution is 2.37. The Morgan fingerprint density at radius 3 is 2.71 bits per heavy atom. The average Bonchev–Trinajstić information content (AvgIpc) is 3.16. The molecule has 1 unspecified atom stereocenters. The number of ether oxygens (including phenoxy) is 2. The van der Waals surface area contributed by atoms with Gasteiger partial charge in [-0.3, -0.25) is 4.90 Å². The molecule has 2 aliphatic heterocycles. The van der Waals surface area contributed by atoms with Crippen LogP contribution in [-0.2, 0) is 10.0 Å². The second-order valence-corrected chi connectivity index (χ2v) is 8.66. The summed E-state index contributed by atoms with van der Waals surface area (Å²) >= 11 is 0. The summed E-state index contributed by atoms with van der Waals surface area (Å²) in [7, 11) is -3.87. The third-order valence-corrected chi connectivity index (χ3v) is 6.63. The summed E-state index contributed by atoms with van der Waals surface area (Å²) < 4.78 is 52.2. The Hall–Kier alpha value is -2.16. The molecular weight excluding hydrogens is 383 g/mol. The van der Waals surface area contributed by atoms with Gasteiger partial charge in [-0.25, -0.2) is 17.5 Å².